The van der Waals surface area contributed by atoms with E-state index >= 15 is 0 Å². The van der Waals surface area contributed by atoms with E-state index in [0.717, 1.165) is 12.8 Å². The third kappa shape index (κ3) is 2.20. The summed E-state index contributed by atoms with van der Waals surface area (Å²) in [5, 5.41) is -0.104. The van der Waals surface area contributed by atoms with E-state index in [2.05, 4.69) is 0 Å². The van der Waals surface area contributed by atoms with Crippen LogP contribution in [0.25, 0.3) is 5.57 Å². The average Bonchev–Trinajstić information content (AvgIpc) is 2.17. The van der Waals surface area contributed by atoms with Crippen LogP contribution in [-0.4, -0.2) is 5.38 Å². The van der Waals surface area contributed by atoms with E-state index in [-0.39, 0.29) is 10.9 Å². The fraction of sp³-hybridized carbons (Fsp3) is 0.333. The fourth-order valence-corrected chi connectivity index (χ4v) is 2.19. The minimum Gasteiger partial charge on any atom is -0.206 e. The van der Waals surface area contributed by atoms with Crippen LogP contribution in [0.4, 0.5) is 8.78 Å². The van der Waals surface area contributed by atoms with Gasteiger partial charge in [-0.05, 0) is 37.0 Å². The Kier molecular flexibility index (Phi) is 3.06. The molecule has 80 valence electrons. The van der Waals surface area contributed by atoms with Gasteiger partial charge < -0.3 is 0 Å². The Morgan fingerprint density at radius 3 is 2.47 bits per heavy atom. The van der Waals surface area contributed by atoms with Crippen molar-refractivity contribution >= 4 is 17.2 Å². The van der Waals surface area contributed by atoms with Crippen LogP contribution < -0.4 is 0 Å². The smallest absolute Gasteiger partial charge is 0.133 e. The molecule has 3 heteroatoms. The quantitative estimate of drug-likeness (QED) is 0.634. The molecule has 1 unspecified atom stereocenters. The number of allylic oxidation sites excluding steroid dienone is 2. The molecule has 0 N–H and O–H groups in total. The Balaban J connectivity index is 2.45. The summed E-state index contributed by atoms with van der Waals surface area (Å²) in [6, 6.07) is 3.92. The van der Waals surface area contributed by atoms with Gasteiger partial charge in [0.1, 0.15) is 11.6 Å². The van der Waals surface area contributed by atoms with E-state index in [1.807, 2.05) is 0 Å². The Bertz CT molecular complexity index is 378. The summed E-state index contributed by atoms with van der Waals surface area (Å²) in [6.45, 7) is 0. The highest BCUT2D eigenvalue weighted by atomic mass is 35.5. The third-order valence-electron chi connectivity index (χ3n) is 2.59. The van der Waals surface area contributed by atoms with Crippen LogP contribution >= 0.6 is 11.6 Å². The summed E-state index contributed by atoms with van der Waals surface area (Å²) in [6.07, 6.45) is 4.21. The molecule has 15 heavy (non-hydrogen) atoms. The van der Waals surface area contributed by atoms with Gasteiger partial charge in [-0.2, -0.15) is 0 Å². The summed E-state index contributed by atoms with van der Waals surface area (Å²) >= 11 is 5.94. The molecule has 0 fully saturated rings. The van der Waals surface area contributed by atoms with E-state index in [1.54, 1.807) is 6.08 Å². The van der Waals surface area contributed by atoms with E-state index in [4.69, 9.17) is 11.6 Å². The van der Waals surface area contributed by atoms with Crippen LogP contribution in [0.5, 0.6) is 0 Å². The van der Waals surface area contributed by atoms with Crippen LogP contribution in [0.2, 0.25) is 0 Å². The van der Waals surface area contributed by atoms with Crippen LogP contribution in [0.15, 0.2) is 24.3 Å². The van der Waals surface area contributed by atoms with Crippen LogP contribution in [0, 0.1) is 11.6 Å². The Hall–Kier alpha value is -0.890. The van der Waals surface area contributed by atoms with Gasteiger partial charge in [0.05, 0.1) is 5.38 Å². The van der Waals surface area contributed by atoms with Crippen LogP contribution in [0.1, 0.15) is 24.8 Å². The summed E-state index contributed by atoms with van der Waals surface area (Å²) in [7, 11) is 0. The summed E-state index contributed by atoms with van der Waals surface area (Å²) < 4.78 is 26.9. The van der Waals surface area contributed by atoms with Crippen molar-refractivity contribution in [2.75, 3.05) is 0 Å². The molecule has 0 amide bonds. The molecule has 0 saturated heterocycles. The lowest BCUT2D eigenvalue weighted by atomic mass is 9.93. The first-order valence-electron chi connectivity index (χ1n) is 4.97. The van der Waals surface area contributed by atoms with Gasteiger partial charge in [-0.15, -0.1) is 11.6 Å². The molecule has 1 aromatic carbocycles. The van der Waals surface area contributed by atoms with Crippen molar-refractivity contribution in [1.82, 2.24) is 0 Å². The highest BCUT2D eigenvalue weighted by Crippen LogP contribution is 2.31. The monoisotopic (exact) mass is 228 g/mol. The normalized spacial score (nSPS) is 21.3. The number of halogens is 3. The molecule has 0 aromatic heterocycles. The second-order valence-corrected chi connectivity index (χ2v) is 4.26. The van der Waals surface area contributed by atoms with Gasteiger partial charge in [-0.1, -0.05) is 12.1 Å². The molecule has 2 rings (SSSR count). The largest absolute Gasteiger partial charge is 0.206 e. The van der Waals surface area contributed by atoms with E-state index in [1.165, 1.54) is 18.2 Å². The maximum Gasteiger partial charge on any atom is 0.133 e. The topological polar surface area (TPSA) is 0 Å². The van der Waals surface area contributed by atoms with Crippen molar-refractivity contribution in [3.8, 4) is 0 Å². The SMILES string of the molecule is Fc1cccc(F)c1C1=CC(Cl)CCC1. The second-order valence-electron chi connectivity index (χ2n) is 3.70. The van der Waals surface area contributed by atoms with Gasteiger partial charge in [0, 0.05) is 5.56 Å². The Morgan fingerprint density at radius 1 is 1.20 bits per heavy atom. The van der Waals surface area contributed by atoms with Gasteiger partial charge in [0.2, 0.25) is 0 Å². The maximum absolute atomic E-state index is 13.4. The zero-order chi connectivity index (χ0) is 10.8. The highest BCUT2D eigenvalue weighted by Gasteiger charge is 2.18. The molecular weight excluding hydrogens is 218 g/mol. The molecule has 0 nitrogen and oxygen atoms in total. The van der Waals surface area contributed by atoms with Gasteiger partial charge in [-0.3, -0.25) is 0 Å². The zero-order valence-electron chi connectivity index (χ0n) is 8.14. The molecule has 0 aliphatic heterocycles. The lowest BCUT2D eigenvalue weighted by molar-refractivity contribution is 0.573. The predicted octanol–water partition coefficient (Wildman–Crippen LogP) is 4.14. The number of benzene rings is 1. The maximum atomic E-state index is 13.4. The summed E-state index contributed by atoms with van der Waals surface area (Å²) in [5.41, 5.74) is 0.778. The molecule has 1 aliphatic carbocycles. The molecule has 1 aromatic rings. The number of hydrogen-bond acceptors (Lipinski definition) is 0. The lowest BCUT2D eigenvalue weighted by Gasteiger charge is -2.17. The fourth-order valence-electron chi connectivity index (χ4n) is 1.89. The highest BCUT2D eigenvalue weighted by molar-refractivity contribution is 6.22. The molecule has 0 radical (unpaired) electrons. The number of alkyl halides is 1. The summed E-state index contributed by atoms with van der Waals surface area (Å²) in [4.78, 5) is 0. The van der Waals surface area contributed by atoms with Gasteiger partial charge >= 0.3 is 0 Å². The molecule has 0 spiro atoms. The van der Waals surface area contributed by atoms with E-state index < -0.39 is 11.6 Å². The van der Waals surface area contributed by atoms with Crippen molar-refractivity contribution in [3.63, 3.8) is 0 Å². The first-order chi connectivity index (χ1) is 7.18. The molecule has 0 heterocycles. The number of rotatable bonds is 1. The third-order valence-corrected chi connectivity index (χ3v) is 2.94. The first kappa shape index (κ1) is 10.6. The minimum absolute atomic E-state index is 0.0860. The van der Waals surface area contributed by atoms with Crippen molar-refractivity contribution < 1.29 is 8.78 Å². The standard InChI is InChI=1S/C12H11ClF2/c13-9-4-1-3-8(7-9)12-10(14)5-2-6-11(12)15/h2,5-7,9H,1,3-4H2. The van der Waals surface area contributed by atoms with E-state index in [0.29, 0.717) is 12.0 Å². The lowest BCUT2D eigenvalue weighted by Crippen LogP contribution is -2.05. The molecule has 1 atom stereocenters. The van der Waals surface area contributed by atoms with Crippen molar-refractivity contribution in [3.05, 3.63) is 41.5 Å². The predicted molar refractivity (Wildman–Crippen MR) is 57.8 cm³/mol. The van der Waals surface area contributed by atoms with Gasteiger partial charge in [0.25, 0.3) is 0 Å². The van der Waals surface area contributed by atoms with E-state index in [9.17, 15) is 8.78 Å². The minimum atomic E-state index is -0.507. The summed E-state index contributed by atoms with van der Waals surface area (Å²) in [5.74, 6) is -1.01. The van der Waals surface area contributed by atoms with Crippen LogP contribution in [0.3, 0.4) is 0 Å². The van der Waals surface area contributed by atoms with Gasteiger partial charge in [-0.25, -0.2) is 8.78 Å². The number of hydrogen-bond donors (Lipinski definition) is 0. The molecule has 1 aliphatic rings. The average molecular weight is 229 g/mol. The van der Waals surface area contributed by atoms with Crippen molar-refractivity contribution in [2.45, 2.75) is 24.6 Å². The van der Waals surface area contributed by atoms with Gasteiger partial charge in [0.15, 0.2) is 0 Å². The first-order valence-corrected chi connectivity index (χ1v) is 5.41. The Morgan fingerprint density at radius 2 is 1.87 bits per heavy atom. The van der Waals surface area contributed by atoms with Crippen LogP contribution in [-0.2, 0) is 0 Å². The molecule has 0 bridgehead atoms. The molecule has 0 saturated carbocycles. The second kappa shape index (κ2) is 4.31. The van der Waals surface area contributed by atoms with Crippen molar-refractivity contribution in [1.29, 1.82) is 0 Å². The molecular formula is C12H11ClF2. The van der Waals surface area contributed by atoms with Crippen molar-refractivity contribution in [2.24, 2.45) is 0 Å². The Labute approximate surface area is 92.6 Å². The zero-order valence-corrected chi connectivity index (χ0v) is 8.90.